The number of amides is 1. The molecule has 0 saturated carbocycles. The molecule has 124 valence electrons. The minimum atomic E-state index is -0.102. The summed E-state index contributed by atoms with van der Waals surface area (Å²) in [6, 6.07) is 5.10. The van der Waals surface area contributed by atoms with Crippen LogP contribution in [0.15, 0.2) is 22.5 Å². The Labute approximate surface area is 148 Å². The van der Waals surface area contributed by atoms with Crippen LogP contribution in [0.25, 0.3) is 0 Å². The topological polar surface area (TPSA) is 76.1 Å². The fraction of sp³-hybridized carbons (Fsp3) is 0.357. The molecule has 2 N–H and O–H groups in total. The number of rotatable bonds is 8. The SMILES string of the molecule is CCNc1nnc(SCCC(=O)Nc2cc(Cl)ccc2OC)s1. The predicted octanol–water partition coefficient (Wildman–Crippen LogP) is 3.75. The maximum atomic E-state index is 12.0. The quantitative estimate of drug-likeness (QED) is 0.687. The Morgan fingerprint density at radius 3 is 3.00 bits per heavy atom. The van der Waals surface area contributed by atoms with Gasteiger partial charge in [-0.15, -0.1) is 10.2 Å². The molecule has 0 radical (unpaired) electrons. The Bertz CT molecular complexity index is 666. The van der Waals surface area contributed by atoms with Crippen molar-refractivity contribution in [3.8, 4) is 5.75 Å². The van der Waals surface area contributed by atoms with Gasteiger partial charge in [0.25, 0.3) is 0 Å². The van der Waals surface area contributed by atoms with E-state index in [1.165, 1.54) is 23.1 Å². The first-order chi connectivity index (χ1) is 11.1. The molecule has 0 aliphatic carbocycles. The molecule has 23 heavy (non-hydrogen) atoms. The van der Waals surface area contributed by atoms with Crippen LogP contribution in [0, 0.1) is 0 Å². The van der Waals surface area contributed by atoms with E-state index in [2.05, 4.69) is 20.8 Å². The Morgan fingerprint density at radius 2 is 2.26 bits per heavy atom. The van der Waals surface area contributed by atoms with E-state index >= 15 is 0 Å². The van der Waals surface area contributed by atoms with Crippen molar-refractivity contribution in [2.75, 3.05) is 30.0 Å². The number of thioether (sulfide) groups is 1. The first-order valence-corrected chi connectivity index (χ1v) is 9.14. The van der Waals surface area contributed by atoms with Crippen molar-refractivity contribution >= 4 is 51.4 Å². The molecule has 0 spiro atoms. The maximum Gasteiger partial charge on any atom is 0.225 e. The molecule has 1 amide bonds. The number of anilines is 2. The fourth-order valence-corrected chi connectivity index (χ4v) is 3.71. The summed E-state index contributed by atoms with van der Waals surface area (Å²) in [7, 11) is 1.55. The Balaban J connectivity index is 1.82. The molecule has 6 nitrogen and oxygen atoms in total. The summed E-state index contributed by atoms with van der Waals surface area (Å²) in [6.07, 6.45) is 0.358. The van der Waals surface area contributed by atoms with Gasteiger partial charge in [0.2, 0.25) is 11.0 Å². The van der Waals surface area contributed by atoms with Crippen LogP contribution in [0.2, 0.25) is 5.02 Å². The Kier molecular flexibility index (Phi) is 6.94. The zero-order valence-electron chi connectivity index (χ0n) is 12.8. The molecule has 2 aromatic rings. The van der Waals surface area contributed by atoms with Gasteiger partial charge in [0.05, 0.1) is 12.8 Å². The number of hydrogen-bond donors (Lipinski definition) is 2. The summed E-state index contributed by atoms with van der Waals surface area (Å²) in [4.78, 5) is 12.0. The molecule has 0 saturated heterocycles. The first-order valence-electron chi connectivity index (χ1n) is 6.96. The van der Waals surface area contributed by atoms with E-state index in [0.717, 1.165) is 16.0 Å². The number of halogens is 1. The third kappa shape index (κ3) is 5.56. The minimum Gasteiger partial charge on any atom is -0.495 e. The van der Waals surface area contributed by atoms with Gasteiger partial charge in [-0.3, -0.25) is 4.79 Å². The van der Waals surface area contributed by atoms with Gasteiger partial charge in [0.1, 0.15) is 5.75 Å². The lowest BCUT2D eigenvalue weighted by Gasteiger charge is -2.10. The predicted molar refractivity (Wildman–Crippen MR) is 96.0 cm³/mol. The molecule has 0 fully saturated rings. The highest BCUT2D eigenvalue weighted by molar-refractivity contribution is 8.01. The third-order valence-electron chi connectivity index (χ3n) is 2.72. The number of methoxy groups -OCH3 is 1. The molecule has 9 heteroatoms. The lowest BCUT2D eigenvalue weighted by molar-refractivity contribution is -0.115. The number of aromatic nitrogens is 2. The van der Waals surface area contributed by atoms with Crippen molar-refractivity contribution in [2.24, 2.45) is 0 Å². The lowest BCUT2D eigenvalue weighted by Crippen LogP contribution is -2.12. The second kappa shape index (κ2) is 8.95. The van der Waals surface area contributed by atoms with Crippen molar-refractivity contribution < 1.29 is 9.53 Å². The summed E-state index contributed by atoms with van der Waals surface area (Å²) >= 11 is 8.93. The van der Waals surface area contributed by atoms with Crippen LogP contribution >= 0.6 is 34.7 Å². The van der Waals surface area contributed by atoms with Crippen molar-refractivity contribution in [2.45, 2.75) is 17.7 Å². The molecular formula is C14H17ClN4O2S2. The van der Waals surface area contributed by atoms with Crippen molar-refractivity contribution in [3.63, 3.8) is 0 Å². The normalized spacial score (nSPS) is 10.4. The van der Waals surface area contributed by atoms with Crippen LogP contribution in [0.1, 0.15) is 13.3 Å². The zero-order chi connectivity index (χ0) is 16.7. The molecule has 1 aromatic carbocycles. The van der Waals surface area contributed by atoms with Crippen LogP contribution in [0.3, 0.4) is 0 Å². The second-order valence-electron chi connectivity index (χ2n) is 4.39. The summed E-state index contributed by atoms with van der Waals surface area (Å²) in [5.74, 6) is 1.10. The van der Waals surface area contributed by atoms with Gasteiger partial charge < -0.3 is 15.4 Å². The Hall–Kier alpha value is -1.51. The third-order valence-corrected chi connectivity index (χ3v) is 4.98. The molecule has 1 heterocycles. The van der Waals surface area contributed by atoms with E-state index in [4.69, 9.17) is 16.3 Å². The monoisotopic (exact) mass is 372 g/mol. The Morgan fingerprint density at radius 1 is 1.43 bits per heavy atom. The largest absolute Gasteiger partial charge is 0.495 e. The molecule has 0 unspecified atom stereocenters. The van der Waals surface area contributed by atoms with Gasteiger partial charge in [0.15, 0.2) is 4.34 Å². The van der Waals surface area contributed by atoms with Crippen LogP contribution in [0.4, 0.5) is 10.8 Å². The number of hydrogen-bond acceptors (Lipinski definition) is 7. The molecule has 2 rings (SSSR count). The number of carbonyl (C=O) groups is 1. The van der Waals surface area contributed by atoms with E-state index in [9.17, 15) is 4.79 Å². The number of ether oxygens (including phenoxy) is 1. The van der Waals surface area contributed by atoms with Crippen LogP contribution in [-0.4, -0.2) is 35.5 Å². The number of carbonyl (C=O) groups excluding carboxylic acids is 1. The van der Waals surface area contributed by atoms with Gasteiger partial charge >= 0.3 is 0 Å². The first kappa shape index (κ1) is 17.8. The van der Waals surface area contributed by atoms with E-state index in [-0.39, 0.29) is 5.91 Å². The van der Waals surface area contributed by atoms with Crippen LogP contribution < -0.4 is 15.4 Å². The van der Waals surface area contributed by atoms with Crippen molar-refractivity contribution in [1.82, 2.24) is 10.2 Å². The molecule has 0 aliphatic heterocycles. The summed E-state index contributed by atoms with van der Waals surface area (Å²) in [5.41, 5.74) is 0.570. The molecule has 0 aliphatic rings. The average Bonchev–Trinajstić information content (AvgIpc) is 2.95. The molecule has 0 atom stereocenters. The molecule has 0 bridgehead atoms. The van der Waals surface area contributed by atoms with Crippen LogP contribution in [-0.2, 0) is 4.79 Å². The molecule has 1 aromatic heterocycles. The van der Waals surface area contributed by atoms with Crippen molar-refractivity contribution in [1.29, 1.82) is 0 Å². The molecular weight excluding hydrogens is 356 g/mol. The van der Waals surface area contributed by atoms with Gasteiger partial charge in [-0.25, -0.2) is 0 Å². The van der Waals surface area contributed by atoms with E-state index < -0.39 is 0 Å². The highest BCUT2D eigenvalue weighted by atomic mass is 35.5. The van der Waals surface area contributed by atoms with E-state index in [1.54, 1.807) is 25.3 Å². The number of nitrogens with zero attached hydrogens (tertiary/aromatic N) is 2. The summed E-state index contributed by atoms with van der Waals surface area (Å²) in [5, 5.41) is 15.3. The lowest BCUT2D eigenvalue weighted by atomic mass is 10.3. The zero-order valence-corrected chi connectivity index (χ0v) is 15.1. The maximum absolute atomic E-state index is 12.0. The summed E-state index contributed by atoms with van der Waals surface area (Å²) < 4.78 is 6.04. The summed E-state index contributed by atoms with van der Waals surface area (Å²) in [6.45, 7) is 2.81. The minimum absolute atomic E-state index is 0.102. The second-order valence-corrected chi connectivity index (χ2v) is 7.15. The van der Waals surface area contributed by atoms with Crippen LogP contribution in [0.5, 0.6) is 5.75 Å². The number of benzene rings is 1. The van der Waals surface area contributed by atoms with Crippen molar-refractivity contribution in [3.05, 3.63) is 23.2 Å². The van der Waals surface area contributed by atoms with E-state index in [0.29, 0.717) is 28.6 Å². The standard InChI is InChI=1S/C14H17ClN4O2S2/c1-3-16-13-18-19-14(23-13)22-7-6-12(20)17-10-8-9(15)4-5-11(10)21-2/h4-5,8H,3,6-7H2,1-2H3,(H,16,18)(H,17,20). The van der Waals surface area contributed by atoms with E-state index in [1.807, 2.05) is 6.92 Å². The number of nitrogens with one attached hydrogen (secondary N) is 2. The average molecular weight is 373 g/mol. The van der Waals surface area contributed by atoms with Gasteiger partial charge in [0, 0.05) is 23.7 Å². The van der Waals surface area contributed by atoms with Gasteiger partial charge in [-0.1, -0.05) is 34.7 Å². The fourth-order valence-electron chi connectivity index (χ4n) is 1.71. The highest BCUT2D eigenvalue weighted by Gasteiger charge is 2.10. The smallest absolute Gasteiger partial charge is 0.225 e. The van der Waals surface area contributed by atoms with Gasteiger partial charge in [-0.05, 0) is 25.1 Å². The van der Waals surface area contributed by atoms with Gasteiger partial charge in [-0.2, -0.15) is 0 Å². The highest BCUT2D eigenvalue weighted by Crippen LogP contribution is 2.28.